The lowest BCUT2D eigenvalue weighted by atomic mass is 10.1. The first-order valence-corrected chi connectivity index (χ1v) is 7.75. The van der Waals surface area contributed by atoms with Crippen molar-refractivity contribution in [3.63, 3.8) is 0 Å². The van der Waals surface area contributed by atoms with Gasteiger partial charge in [0.2, 0.25) is 11.2 Å². The molecule has 11 heteroatoms. The number of carbonyl (C=O) groups excluding carboxylic acids is 2. The Kier molecular flexibility index (Phi) is 6.52. The lowest BCUT2D eigenvalue weighted by Gasteiger charge is -2.14. The number of esters is 1. The first-order valence-electron chi connectivity index (χ1n) is 7.75. The summed E-state index contributed by atoms with van der Waals surface area (Å²) in [6.45, 7) is -1.65. The van der Waals surface area contributed by atoms with Gasteiger partial charge in [0.1, 0.15) is 23.0 Å². The monoisotopic (exact) mass is 402 g/mol. The standard InChI is InChI=1S/C17H14F4N2O5/c1-28-17(27)14-13(21)15(25)10(7-23(14)2-3-24)16(26)22-6-9-11(19)4-8(18)5-12(9)20/h4-5,7,24H,2-3,6H2,1H3,(H,22,26). The Morgan fingerprint density at radius 3 is 2.32 bits per heavy atom. The van der Waals surface area contributed by atoms with Gasteiger partial charge in [0.15, 0.2) is 5.69 Å². The molecule has 0 spiro atoms. The van der Waals surface area contributed by atoms with Crippen molar-refractivity contribution in [2.24, 2.45) is 0 Å². The zero-order valence-corrected chi connectivity index (χ0v) is 14.4. The molecule has 1 aromatic carbocycles. The Balaban J connectivity index is 2.38. The van der Waals surface area contributed by atoms with Crippen molar-refractivity contribution < 1.29 is 37.0 Å². The molecule has 0 saturated carbocycles. The Hall–Kier alpha value is -3.21. The van der Waals surface area contributed by atoms with Crippen LogP contribution in [-0.4, -0.2) is 35.3 Å². The van der Waals surface area contributed by atoms with Crippen molar-refractivity contribution >= 4 is 11.9 Å². The number of aromatic nitrogens is 1. The third-order valence-electron chi connectivity index (χ3n) is 3.72. The Morgan fingerprint density at radius 1 is 1.18 bits per heavy atom. The summed E-state index contributed by atoms with van der Waals surface area (Å²) >= 11 is 0. The Bertz CT molecular complexity index is 967. The molecule has 0 bridgehead atoms. The van der Waals surface area contributed by atoms with Crippen molar-refractivity contribution in [1.29, 1.82) is 0 Å². The largest absolute Gasteiger partial charge is 0.464 e. The second-order valence-corrected chi connectivity index (χ2v) is 5.47. The van der Waals surface area contributed by atoms with Crippen molar-refractivity contribution in [1.82, 2.24) is 9.88 Å². The van der Waals surface area contributed by atoms with E-state index in [1.165, 1.54) is 0 Å². The van der Waals surface area contributed by atoms with Gasteiger partial charge >= 0.3 is 5.97 Å². The van der Waals surface area contributed by atoms with Gasteiger partial charge in [0, 0.05) is 37.0 Å². The van der Waals surface area contributed by atoms with E-state index in [-0.39, 0.29) is 6.54 Å². The van der Waals surface area contributed by atoms with E-state index in [1.54, 1.807) is 0 Å². The number of benzene rings is 1. The van der Waals surface area contributed by atoms with Crippen LogP contribution in [-0.2, 0) is 17.8 Å². The summed E-state index contributed by atoms with van der Waals surface area (Å²) in [6, 6.07) is 0.813. The number of aliphatic hydroxyl groups is 1. The smallest absolute Gasteiger partial charge is 0.357 e. The van der Waals surface area contributed by atoms with Crippen LogP contribution in [0.4, 0.5) is 17.6 Å². The Morgan fingerprint density at radius 2 is 1.79 bits per heavy atom. The summed E-state index contributed by atoms with van der Waals surface area (Å²) in [6.07, 6.45) is 0.806. The van der Waals surface area contributed by atoms with E-state index in [1.807, 2.05) is 5.32 Å². The van der Waals surface area contributed by atoms with Gasteiger partial charge < -0.3 is 19.7 Å². The number of amides is 1. The van der Waals surface area contributed by atoms with Crippen molar-refractivity contribution in [3.05, 3.63) is 68.6 Å². The van der Waals surface area contributed by atoms with Gasteiger partial charge in [-0.3, -0.25) is 9.59 Å². The summed E-state index contributed by atoms with van der Waals surface area (Å²) in [7, 11) is 0.946. The van der Waals surface area contributed by atoms with Crippen molar-refractivity contribution in [2.75, 3.05) is 13.7 Å². The molecule has 0 aliphatic heterocycles. The molecule has 7 nitrogen and oxygen atoms in total. The van der Waals surface area contributed by atoms with Gasteiger partial charge in [-0.25, -0.2) is 22.4 Å². The van der Waals surface area contributed by atoms with Crippen LogP contribution in [0.1, 0.15) is 26.4 Å². The molecule has 1 amide bonds. The summed E-state index contributed by atoms with van der Waals surface area (Å²) < 4.78 is 59.6. The lowest BCUT2D eigenvalue weighted by Crippen LogP contribution is -2.34. The first kappa shape index (κ1) is 21.1. The minimum absolute atomic E-state index is 0.344. The fraction of sp³-hybridized carbons (Fsp3) is 0.235. The number of halogens is 4. The van der Waals surface area contributed by atoms with Crippen LogP contribution in [0, 0.1) is 23.3 Å². The Labute approximate surface area is 155 Å². The average molecular weight is 402 g/mol. The van der Waals surface area contributed by atoms with E-state index in [0.717, 1.165) is 17.9 Å². The molecule has 2 aromatic rings. The molecule has 2 N–H and O–H groups in total. The number of hydrogen-bond donors (Lipinski definition) is 2. The number of nitrogens with zero attached hydrogens (tertiary/aromatic N) is 1. The minimum atomic E-state index is -1.59. The van der Waals surface area contributed by atoms with E-state index in [0.29, 0.717) is 12.1 Å². The van der Waals surface area contributed by atoms with E-state index in [4.69, 9.17) is 5.11 Å². The molecule has 150 valence electrons. The topological polar surface area (TPSA) is 97.6 Å². The first-order chi connectivity index (χ1) is 13.2. The highest BCUT2D eigenvalue weighted by Gasteiger charge is 2.25. The van der Waals surface area contributed by atoms with E-state index >= 15 is 0 Å². The molecule has 0 aliphatic carbocycles. The van der Waals surface area contributed by atoms with Gasteiger partial charge in [-0.15, -0.1) is 0 Å². The molecule has 1 aromatic heterocycles. The second kappa shape index (κ2) is 8.65. The fourth-order valence-electron chi connectivity index (χ4n) is 2.39. The molecule has 0 saturated heterocycles. The fourth-order valence-corrected chi connectivity index (χ4v) is 2.39. The maximum Gasteiger partial charge on any atom is 0.357 e. The predicted octanol–water partition coefficient (Wildman–Crippen LogP) is 1.11. The summed E-state index contributed by atoms with van der Waals surface area (Å²) in [4.78, 5) is 35.9. The van der Waals surface area contributed by atoms with Gasteiger partial charge in [-0.05, 0) is 0 Å². The summed E-state index contributed by atoms with van der Waals surface area (Å²) in [5, 5.41) is 11.1. The zero-order chi connectivity index (χ0) is 21.0. The van der Waals surface area contributed by atoms with Crippen molar-refractivity contribution in [3.8, 4) is 0 Å². The normalized spacial score (nSPS) is 10.6. The van der Waals surface area contributed by atoms with Crippen LogP contribution in [0.25, 0.3) is 0 Å². The molecular weight excluding hydrogens is 388 g/mol. The summed E-state index contributed by atoms with van der Waals surface area (Å²) in [5.41, 5.74) is -3.69. The number of ether oxygens (including phenoxy) is 1. The number of rotatable bonds is 6. The highest BCUT2D eigenvalue weighted by molar-refractivity contribution is 5.95. The number of hydrogen-bond acceptors (Lipinski definition) is 5. The number of nitrogens with one attached hydrogen (secondary N) is 1. The number of aliphatic hydroxyl groups excluding tert-OH is 1. The van der Waals surface area contributed by atoms with Crippen LogP contribution in [0.3, 0.4) is 0 Å². The molecule has 1 heterocycles. The van der Waals surface area contributed by atoms with E-state index in [2.05, 4.69) is 4.74 Å². The highest BCUT2D eigenvalue weighted by atomic mass is 19.1. The molecule has 0 unspecified atom stereocenters. The molecule has 0 fully saturated rings. The van der Waals surface area contributed by atoms with E-state index in [9.17, 15) is 31.9 Å². The third kappa shape index (κ3) is 4.19. The number of carbonyl (C=O) groups is 2. The highest BCUT2D eigenvalue weighted by Crippen LogP contribution is 2.15. The van der Waals surface area contributed by atoms with Crippen LogP contribution < -0.4 is 10.7 Å². The third-order valence-corrected chi connectivity index (χ3v) is 3.72. The van der Waals surface area contributed by atoms with Crippen LogP contribution in [0.15, 0.2) is 23.1 Å². The maximum atomic E-state index is 14.3. The molecule has 0 aliphatic rings. The van der Waals surface area contributed by atoms with E-state index < -0.39 is 70.5 Å². The SMILES string of the molecule is COC(=O)c1c(F)c(=O)c(C(=O)NCc2c(F)cc(F)cc2F)cn1CCO. The number of methoxy groups -OCH3 is 1. The molecular formula is C17H14F4N2O5. The summed E-state index contributed by atoms with van der Waals surface area (Å²) in [5.74, 6) is -7.67. The maximum absolute atomic E-state index is 14.3. The average Bonchev–Trinajstić information content (AvgIpc) is 2.63. The van der Waals surface area contributed by atoms with Crippen molar-refractivity contribution in [2.45, 2.75) is 13.1 Å². The van der Waals surface area contributed by atoms with Gasteiger partial charge in [-0.2, -0.15) is 0 Å². The minimum Gasteiger partial charge on any atom is -0.464 e. The zero-order valence-electron chi connectivity index (χ0n) is 14.4. The molecule has 0 radical (unpaired) electrons. The number of pyridine rings is 1. The quantitative estimate of drug-likeness (QED) is 0.558. The van der Waals surface area contributed by atoms with Gasteiger partial charge in [0.05, 0.1) is 13.7 Å². The molecule has 0 atom stereocenters. The predicted molar refractivity (Wildman–Crippen MR) is 86.6 cm³/mol. The van der Waals surface area contributed by atoms with Crippen LogP contribution in [0.2, 0.25) is 0 Å². The second-order valence-electron chi connectivity index (χ2n) is 5.47. The van der Waals surface area contributed by atoms with Crippen LogP contribution in [0.5, 0.6) is 0 Å². The van der Waals surface area contributed by atoms with Crippen LogP contribution >= 0.6 is 0 Å². The molecule has 2 rings (SSSR count). The van der Waals surface area contributed by atoms with Gasteiger partial charge in [-0.1, -0.05) is 0 Å². The molecule has 28 heavy (non-hydrogen) atoms. The van der Waals surface area contributed by atoms with Gasteiger partial charge in [0.25, 0.3) is 5.91 Å². The lowest BCUT2D eigenvalue weighted by molar-refractivity contribution is 0.0578.